The van der Waals surface area contributed by atoms with Crippen LogP contribution in [-0.4, -0.2) is 49.0 Å². The molecule has 0 aromatic heterocycles. The van der Waals surface area contributed by atoms with Gasteiger partial charge in [0, 0.05) is 19.7 Å². The summed E-state index contributed by atoms with van der Waals surface area (Å²) in [4.78, 5) is 2.45. The van der Waals surface area contributed by atoms with E-state index in [4.69, 9.17) is 4.74 Å². The van der Waals surface area contributed by atoms with Crippen molar-refractivity contribution in [3.05, 3.63) is 0 Å². The highest BCUT2D eigenvalue weighted by atomic mass is 16.5. The van der Waals surface area contributed by atoms with Gasteiger partial charge in [0.25, 0.3) is 0 Å². The molecule has 0 radical (unpaired) electrons. The summed E-state index contributed by atoms with van der Waals surface area (Å²) in [6.07, 6.45) is 4.08. The van der Waals surface area contributed by atoms with Crippen LogP contribution in [0.25, 0.3) is 0 Å². The van der Waals surface area contributed by atoms with Crippen LogP contribution < -0.4 is 0 Å². The first kappa shape index (κ1) is 13.9. The summed E-state index contributed by atoms with van der Waals surface area (Å²) < 4.78 is 5.21. The van der Waals surface area contributed by atoms with Gasteiger partial charge in [0.05, 0.1) is 12.7 Å². The number of aliphatic hydroxyl groups excluding tert-OH is 1. The first-order chi connectivity index (χ1) is 7.72. The van der Waals surface area contributed by atoms with Crippen LogP contribution in [0, 0.1) is 5.92 Å². The number of hydrogen-bond acceptors (Lipinski definition) is 3. The lowest BCUT2D eigenvalue weighted by atomic mass is 10.0. The van der Waals surface area contributed by atoms with Crippen LogP contribution in [0.4, 0.5) is 0 Å². The zero-order valence-electron chi connectivity index (χ0n) is 11.0. The van der Waals surface area contributed by atoms with E-state index >= 15 is 0 Å². The third-order valence-corrected chi connectivity index (χ3v) is 3.64. The topological polar surface area (TPSA) is 32.7 Å². The number of nitrogens with zero attached hydrogens (tertiary/aromatic N) is 1. The summed E-state index contributed by atoms with van der Waals surface area (Å²) >= 11 is 0. The second-order valence-electron chi connectivity index (χ2n) is 4.94. The van der Waals surface area contributed by atoms with Gasteiger partial charge < -0.3 is 9.84 Å². The fourth-order valence-corrected chi connectivity index (χ4v) is 2.80. The van der Waals surface area contributed by atoms with Gasteiger partial charge in [0.15, 0.2) is 0 Å². The minimum atomic E-state index is -0.156. The quantitative estimate of drug-likeness (QED) is 0.723. The summed E-state index contributed by atoms with van der Waals surface area (Å²) in [5.74, 6) is 0.660. The number of methoxy groups -OCH3 is 1. The standard InChI is InChI=1S/C13H27NO2/c1-4-6-13(15)12(5-2)14-8-7-11(9-14)10-16-3/h11-13,15H,4-10H2,1-3H3. The highest BCUT2D eigenvalue weighted by Gasteiger charge is 2.30. The van der Waals surface area contributed by atoms with Gasteiger partial charge in [-0.25, -0.2) is 0 Å². The smallest absolute Gasteiger partial charge is 0.0695 e. The Morgan fingerprint density at radius 1 is 1.44 bits per heavy atom. The van der Waals surface area contributed by atoms with E-state index < -0.39 is 0 Å². The van der Waals surface area contributed by atoms with Crippen LogP contribution in [0.5, 0.6) is 0 Å². The van der Waals surface area contributed by atoms with Crippen LogP contribution in [-0.2, 0) is 4.74 Å². The zero-order chi connectivity index (χ0) is 12.0. The Hall–Kier alpha value is -0.120. The normalized spacial score (nSPS) is 25.9. The molecule has 16 heavy (non-hydrogen) atoms. The molecule has 3 atom stereocenters. The maximum Gasteiger partial charge on any atom is 0.0695 e. The molecule has 1 heterocycles. The molecule has 0 aliphatic carbocycles. The molecule has 1 rings (SSSR count). The average Bonchev–Trinajstić information content (AvgIpc) is 2.68. The van der Waals surface area contributed by atoms with E-state index in [-0.39, 0.29) is 6.10 Å². The number of rotatable bonds is 7. The van der Waals surface area contributed by atoms with E-state index in [0.717, 1.165) is 39.0 Å². The third-order valence-electron chi connectivity index (χ3n) is 3.64. The monoisotopic (exact) mass is 229 g/mol. The largest absolute Gasteiger partial charge is 0.391 e. The van der Waals surface area contributed by atoms with E-state index in [0.29, 0.717) is 12.0 Å². The average molecular weight is 229 g/mol. The SMILES string of the molecule is CCCC(O)C(CC)N1CCC(COC)C1. The molecule has 0 aromatic rings. The molecule has 0 amide bonds. The second kappa shape index (κ2) is 7.25. The fourth-order valence-electron chi connectivity index (χ4n) is 2.80. The Balaban J connectivity index is 2.42. The van der Waals surface area contributed by atoms with E-state index in [9.17, 15) is 5.11 Å². The van der Waals surface area contributed by atoms with Gasteiger partial charge in [0.2, 0.25) is 0 Å². The fraction of sp³-hybridized carbons (Fsp3) is 1.00. The lowest BCUT2D eigenvalue weighted by Gasteiger charge is -2.31. The molecule has 0 bridgehead atoms. The molecular formula is C13H27NO2. The van der Waals surface area contributed by atoms with Crippen molar-refractivity contribution in [1.29, 1.82) is 0 Å². The lowest BCUT2D eigenvalue weighted by molar-refractivity contribution is 0.0482. The van der Waals surface area contributed by atoms with Crippen molar-refractivity contribution in [1.82, 2.24) is 4.90 Å². The van der Waals surface area contributed by atoms with Crippen molar-refractivity contribution in [2.75, 3.05) is 26.8 Å². The third kappa shape index (κ3) is 3.72. The maximum atomic E-state index is 10.1. The van der Waals surface area contributed by atoms with E-state index in [2.05, 4.69) is 18.7 Å². The Labute approximate surface area is 99.8 Å². The molecule has 0 spiro atoms. The molecule has 1 N–H and O–H groups in total. The van der Waals surface area contributed by atoms with Gasteiger partial charge >= 0.3 is 0 Å². The van der Waals surface area contributed by atoms with Crippen molar-refractivity contribution < 1.29 is 9.84 Å². The number of aliphatic hydroxyl groups is 1. The highest BCUT2D eigenvalue weighted by Crippen LogP contribution is 2.23. The molecule has 3 unspecified atom stereocenters. The van der Waals surface area contributed by atoms with Crippen molar-refractivity contribution in [2.45, 2.75) is 51.7 Å². The Bertz CT molecular complexity index is 187. The van der Waals surface area contributed by atoms with Gasteiger partial charge in [-0.3, -0.25) is 4.90 Å². The minimum Gasteiger partial charge on any atom is -0.391 e. The van der Waals surface area contributed by atoms with E-state index in [1.54, 1.807) is 7.11 Å². The highest BCUT2D eigenvalue weighted by molar-refractivity contribution is 4.84. The molecule has 3 heteroatoms. The predicted octanol–water partition coefficient (Wildman–Crippen LogP) is 1.89. The Kier molecular flexibility index (Phi) is 6.32. The molecule has 1 aliphatic heterocycles. The molecule has 0 aromatic carbocycles. The van der Waals surface area contributed by atoms with Gasteiger partial charge in [-0.2, -0.15) is 0 Å². The van der Waals surface area contributed by atoms with Crippen molar-refractivity contribution in [3.8, 4) is 0 Å². The van der Waals surface area contributed by atoms with Gasteiger partial charge in [-0.15, -0.1) is 0 Å². The van der Waals surface area contributed by atoms with E-state index in [1.807, 2.05) is 0 Å². The maximum absolute atomic E-state index is 10.1. The van der Waals surface area contributed by atoms with Crippen molar-refractivity contribution in [3.63, 3.8) is 0 Å². The predicted molar refractivity (Wildman–Crippen MR) is 66.5 cm³/mol. The molecule has 1 fully saturated rings. The summed E-state index contributed by atoms with van der Waals surface area (Å²) in [5.41, 5.74) is 0. The summed E-state index contributed by atoms with van der Waals surface area (Å²) in [5, 5.41) is 10.1. The molecule has 3 nitrogen and oxygen atoms in total. The number of ether oxygens (including phenoxy) is 1. The molecular weight excluding hydrogens is 202 g/mol. The van der Waals surface area contributed by atoms with Crippen LogP contribution in [0.15, 0.2) is 0 Å². The van der Waals surface area contributed by atoms with Crippen LogP contribution in [0.3, 0.4) is 0 Å². The van der Waals surface area contributed by atoms with Crippen LogP contribution in [0.1, 0.15) is 39.5 Å². The first-order valence-electron chi connectivity index (χ1n) is 6.63. The van der Waals surface area contributed by atoms with Gasteiger partial charge in [0.1, 0.15) is 0 Å². The molecule has 0 saturated carbocycles. The van der Waals surface area contributed by atoms with E-state index in [1.165, 1.54) is 6.42 Å². The number of likely N-dealkylation sites (tertiary alicyclic amines) is 1. The summed E-state index contributed by atoms with van der Waals surface area (Å²) in [6.45, 7) is 7.37. The zero-order valence-corrected chi connectivity index (χ0v) is 11.0. The summed E-state index contributed by atoms with van der Waals surface area (Å²) in [7, 11) is 1.77. The summed E-state index contributed by atoms with van der Waals surface area (Å²) in [6, 6.07) is 0.349. The van der Waals surface area contributed by atoms with Crippen LogP contribution >= 0.6 is 0 Å². The first-order valence-corrected chi connectivity index (χ1v) is 6.63. The molecule has 1 saturated heterocycles. The second-order valence-corrected chi connectivity index (χ2v) is 4.94. The lowest BCUT2D eigenvalue weighted by Crippen LogP contribution is -2.42. The van der Waals surface area contributed by atoms with Crippen molar-refractivity contribution >= 4 is 0 Å². The number of hydrogen-bond donors (Lipinski definition) is 1. The van der Waals surface area contributed by atoms with Crippen molar-refractivity contribution in [2.24, 2.45) is 5.92 Å². The molecule has 96 valence electrons. The van der Waals surface area contributed by atoms with Crippen LogP contribution in [0.2, 0.25) is 0 Å². The minimum absolute atomic E-state index is 0.156. The van der Waals surface area contributed by atoms with Gasteiger partial charge in [-0.05, 0) is 31.7 Å². The molecule has 1 aliphatic rings. The van der Waals surface area contributed by atoms with Gasteiger partial charge in [-0.1, -0.05) is 20.3 Å². The Morgan fingerprint density at radius 2 is 2.19 bits per heavy atom. The Morgan fingerprint density at radius 3 is 2.75 bits per heavy atom.